The van der Waals surface area contributed by atoms with E-state index in [-0.39, 0.29) is 17.7 Å². The van der Waals surface area contributed by atoms with Gasteiger partial charge in [0.1, 0.15) is 0 Å². The summed E-state index contributed by atoms with van der Waals surface area (Å²) in [6, 6.07) is 0. The van der Waals surface area contributed by atoms with Gasteiger partial charge in [0.25, 0.3) is 0 Å². The molecule has 110 valence electrons. The maximum atomic E-state index is 12.1. The summed E-state index contributed by atoms with van der Waals surface area (Å²) in [5.41, 5.74) is 0.999. The molecule has 6 heteroatoms. The summed E-state index contributed by atoms with van der Waals surface area (Å²) < 4.78 is 0. The highest BCUT2D eigenvalue weighted by molar-refractivity contribution is 7.11. The number of piperidine rings is 1. The topological polar surface area (TPSA) is 62.3 Å². The van der Waals surface area contributed by atoms with Gasteiger partial charge in [-0.15, -0.1) is 11.3 Å². The quantitative estimate of drug-likeness (QED) is 0.922. The molecule has 2 rings (SSSR count). The third-order valence-electron chi connectivity index (χ3n) is 3.73. The molecule has 1 saturated heterocycles. The van der Waals surface area contributed by atoms with Crippen LogP contribution in [0.5, 0.6) is 0 Å². The summed E-state index contributed by atoms with van der Waals surface area (Å²) in [7, 11) is 0. The normalized spacial score (nSPS) is 16.2. The van der Waals surface area contributed by atoms with Crippen LogP contribution in [-0.4, -0.2) is 34.8 Å². The molecule has 0 unspecified atom stereocenters. The molecule has 0 atom stereocenters. The highest BCUT2D eigenvalue weighted by Gasteiger charge is 2.25. The molecule has 1 aliphatic heterocycles. The Morgan fingerprint density at radius 1 is 1.35 bits per heavy atom. The molecule has 1 fully saturated rings. The van der Waals surface area contributed by atoms with Gasteiger partial charge in [0, 0.05) is 30.8 Å². The fourth-order valence-corrected chi connectivity index (χ4v) is 3.38. The van der Waals surface area contributed by atoms with Crippen molar-refractivity contribution in [1.82, 2.24) is 15.2 Å². The van der Waals surface area contributed by atoms with Crippen LogP contribution < -0.4 is 5.32 Å². The number of aryl methyl sites for hydroxylation is 2. The lowest BCUT2D eigenvalue weighted by molar-refractivity contribution is -0.134. The van der Waals surface area contributed by atoms with E-state index in [1.807, 2.05) is 13.8 Å². The van der Waals surface area contributed by atoms with Crippen LogP contribution in [0.25, 0.3) is 0 Å². The standard InChI is InChI=1S/C14H21N3O2S/c1-9-13(20-10(2)16-9)8-15-14(19)12-4-6-17(7-5-12)11(3)18/h12H,4-8H2,1-3H3,(H,15,19). The van der Waals surface area contributed by atoms with Crippen LogP contribution in [0.1, 0.15) is 35.3 Å². The van der Waals surface area contributed by atoms with Gasteiger partial charge in [-0.1, -0.05) is 0 Å². The zero-order chi connectivity index (χ0) is 14.7. The molecule has 1 aromatic rings. The SMILES string of the molecule is CC(=O)N1CCC(C(=O)NCc2sc(C)nc2C)CC1. The highest BCUT2D eigenvalue weighted by atomic mass is 32.1. The average Bonchev–Trinajstić information content (AvgIpc) is 2.74. The van der Waals surface area contributed by atoms with Crippen molar-refractivity contribution in [2.75, 3.05) is 13.1 Å². The molecule has 0 spiro atoms. The summed E-state index contributed by atoms with van der Waals surface area (Å²) in [4.78, 5) is 30.7. The summed E-state index contributed by atoms with van der Waals surface area (Å²) in [5.74, 6) is 0.221. The zero-order valence-electron chi connectivity index (χ0n) is 12.2. The van der Waals surface area contributed by atoms with Crippen molar-refractivity contribution in [3.63, 3.8) is 0 Å². The van der Waals surface area contributed by atoms with E-state index in [0.29, 0.717) is 19.6 Å². The lowest BCUT2D eigenvalue weighted by Crippen LogP contribution is -2.42. The fraction of sp³-hybridized carbons (Fsp3) is 0.643. The van der Waals surface area contributed by atoms with Crippen LogP contribution in [0.3, 0.4) is 0 Å². The van der Waals surface area contributed by atoms with E-state index >= 15 is 0 Å². The predicted octanol–water partition coefficient (Wildman–Crippen LogP) is 1.63. The van der Waals surface area contributed by atoms with E-state index in [0.717, 1.165) is 28.4 Å². The van der Waals surface area contributed by atoms with E-state index in [9.17, 15) is 9.59 Å². The van der Waals surface area contributed by atoms with Gasteiger partial charge in [-0.05, 0) is 26.7 Å². The third kappa shape index (κ3) is 3.56. The molecule has 0 saturated carbocycles. The van der Waals surface area contributed by atoms with Crippen molar-refractivity contribution in [2.45, 2.75) is 40.2 Å². The Hall–Kier alpha value is -1.43. The Morgan fingerprint density at radius 2 is 2.00 bits per heavy atom. The first kappa shape index (κ1) is 15.0. The predicted molar refractivity (Wildman–Crippen MR) is 78.4 cm³/mol. The fourth-order valence-electron chi connectivity index (χ4n) is 2.51. The molecule has 0 aliphatic carbocycles. The second-order valence-corrected chi connectivity index (χ2v) is 6.53. The molecule has 2 heterocycles. The smallest absolute Gasteiger partial charge is 0.223 e. The molecule has 5 nitrogen and oxygen atoms in total. The van der Waals surface area contributed by atoms with Gasteiger partial charge in [0.15, 0.2) is 0 Å². The molecule has 1 N–H and O–H groups in total. The Morgan fingerprint density at radius 3 is 2.50 bits per heavy atom. The van der Waals surface area contributed by atoms with Crippen molar-refractivity contribution in [3.05, 3.63) is 15.6 Å². The van der Waals surface area contributed by atoms with E-state index in [4.69, 9.17) is 0 Å². The van der Waals surface area contributed by atoms with Crippen molar-refractivity contribution < 1.29 is 9.59 Å². The van der Waals surface area contributed by atoms with Crippen molar-refractivity contribution >= 4 is 23.2 Å². The first-order valence-electron chi connectivity index (χ1n) is 6.93. The number of thiazole rings is 1. The number of carbonyl (C=O) groups is 2. The molecule has 0 radical (unpaired) electrons. The average molecular weight is 295 g/mol. The van der Waals surface area contributed by atoms with Gasteiger partial charge in [-0.25, -0.2) is 4.98 Å². The number of amides is 2. The van der Waals surface area contributed by atoms with Gasteiger partial charge in [-0.2, -0.15) is 0 Å². The maximum absolute atomic E-state index is 12.1. The Labute approximate surface area is 123 Å². The minimum absolute atomic E-state index is 0.0277. The third-order valence-corrected chi connectivity index (χ3v) is 4.81. The summed E-state index contributed by atoms with van der Waals surface area (Å²) in [6.45, 7) is 7.45. The molecule has 0 bridgehead atoms. The summed E-state index contributed by atoms with van der Waals surface area (Å²) >= 11 is 1.63. The van der Waals surface area contributed by atoms with E-state index in [1.165, 1.54) is 0 Å². The Kier molecular flexibility index (Phi) is 4.75. The number of rotatable bonds is 3. The first-order valence-corrected chi connectivity index (χ1v) is 7.75. The van der Waals surface area contributed by atoms with E-state index < -0.39 is 0 Å². The lowest BCUT2D eigenvalue weighted by atomic mass is 9.96. The van der Waals surface area contributed by atoms with Crippen LogP contribution in [-0.2, 0) is 16.1 Å². The molecule has 1 aromatic heterocycles. The number of aromatic nitrogens is 1. The number of nitrogens with one attached hydrogen (secondary N) is 1. The molecular formula is C14H21N3O2S. The highest BCUT2D eigenvalue weighted by Crippen LogP contribution is 2.19. The second kappa shape index (κ2) is 6.35. The van der Waals surface area contributed by atoms with Gasteiger partial charge < -0.3 is 10.2 Å². The Bertz CT molecular complexity index is 505. The molecular weight excluding hydrogens is 274 g/mol. The lowest BCUT2D eigenvalue weighted by Gasteiger charge is -2.30. The van der Waals surface area contributed by atoms with Gasteiger partial charge >= 0.3 is 0 Å². The van der Waals surface area contributed by atoms with Crippen molar-refractivity contribution in [1.29, 1.82) is 0 Å². The Balaban J connectivity index is 1.81. The van der Waals surface area contributed by atoms with Gasteiger partial charge in [0.05, 0.1) is 17.2 Å². The van der Waals surface area contributed by atoms with Crippen molar-refractivity contribution in [2.24, 2.45) is 5.92 Å². The van der Waals surface area contributed by atoms with Crippen LogP contribution in [0.4, 0.5) is 0 Å². The largest absolute Gasteiger partial charge is 0.351 e. The number of nitrogens with zero attached hydrogens (tertiary/aromatic N) is 2. The summed E-state index contributed by atoms with van der Waals surface area (Å²) in [6.07, 6.45) is 1.51. The number of hydrogen-bond donors (Lipinski definition) is 1. The van der Waals surface area contributed by atoms with E-state index in [2.05, 4.69) is 10.3 Å². The van der Waals surface area contributed by atoms with Gasteiger partial charge in [-0.3, -0.25) is 9.59 Å². The van der Waals surface area contributed by atoms with Crippen LogP contribution in [0, 0.1) is 19.8 Å². The number of carbonyl (C=O) groups excluding carboxylic acids is 2. The molecule has 1 aliphatic rings. The monoisotopic (exact) mass is 295 g/mol. The first-order chi connectivity index (χ1) is 9.47. The van der Waals surface area contributed by atoms with Crippen LogP contribution in [0.2, 0.25) is 0 Å². The molecule has 0 aromatic carbocycles. The number of likely N-dealkylation sites (tertiary alicyclic amines) is 1. The van der Waals surface area contributed by atoms with E-state index in [1.54, 1.807) is 23.2 Å². The second-order valence-electron chi connectivity index (χ2n) is 5.24. The molecule has 2 amide bonds. The zero-order valence-corrected chi connectivity index (χ0v) is 13.0. The summed E-state index contributed by atoms with van der Waals surface area (Å²) in [5, 5.41) is 4.02. The van der Waals surface area contributed by atoms with Crippen LogP contribution in [0.15, 0.2) is 0 Å². The number of hydrogen-bond acceptors (Lipinski definition) is 4. The minimum Gasteiger partial charge on any atom is -0.351 e. The maximum Gasteiger partial charge on any atom is 0.223 e. The molecule has 20 heavy (non-hydrogen) atoms. The van der Waals surface area contributed by atoms with Crippen molar-refractivity contribution in [3.8, 4) is 0 Å². The van der Waals surface area contributed by atoms with Crippen LogP contribution >= 0.6 is 11.3 Å². The van der Waals surface area contributed by atoms with Gasteiger partial charge in [0.2, 0.25) is 11.8 Å². The minimum atomic E-state index is 0.0277.